The third kappa shape index (κ3) is 4.43. The van der Waals surface area contributed by atoms with Crippen LogP contribution in [0.2, 0.25) is 10.2 Å². The van der Waals surface area contributed by atoms with Gasteiger partial charge >= 0.3 is 5.91 Å². The molecular weight excluding hydrogens is 355 g/mol. The molecule has 0 saturated carbocycles. The Morgan fingerprint density at radius 3 is 2.29 bits per heavy atom. The zero-order valence-electron chi connectivity index (χ0n) is 13.3. The topological polar surface area (TPSA) is 80.6 Å². The quantitative estimate of drug-likeness (QED) is 0.807. The largest absolute Gasteiger partial charge is 0.480 e. The van der Waals surface area contributed by atoms with Crippen molar-refractivity contribution in [2.45, 2.75) is 26.9 Å². The summed E-state index contributed by atoms with van der Waals surface area (Å²) in [5.74, 6) is -0.583. The summed E-state index contributed by atoms with van der Waals surface area (Å²) in [6.07, 6.45) is -0.830. The van der Waals surface area contributed by atoms with Crippen molar-refractivity contribution in [1.29, 1.82) is 0 Å². The van der Waals surface area contributed by atoms with Crippen LogP contribution in [0, 0.1) is 13.8 Å². The number of rotatable bonds is 4. The van der Waals surface area contributed by atoms with E-state index >= 15 is 0 Å². The molecule has 24 heavy (non-hydrogen) atoms. The number of carbonyl (C=O) groups excluding carboxylic acids is 2. The third-order valence-electron chi connectivity index (χ3n) is 3.19. The van der Waals surface area contributed by atoms with Gasteiger partial charge in [0, 0.05) is 5.02 Å². The van der Waals surface area contributed by atoms with E-state index in [0.717, 1.165) is 11.1 Å². The van der Waals surface area contributed by atoms with E-state index < -0.39 is 17.9 Å². The van der Waals surface area contributed by atoms with Gasteiger partial charge < -0.3 is 9.15 Å². The van der Waals surface area contributed by atoms with Crippen LogP contribution < -0.4 is 15.6 Å². The highest BCUT2D eigenvalue weighted by atomic mass is 35.5. The van der Waals surface area contributed by atoms with Crippen molar-refractivity contribution in [2.24, 2.45) is 0 Å². The summed E-state index contributed by atoms with van der Waals surface area (Å²) in [5.41, 5.74) is 6.12. The fourth-order valence-electron chi connectivity index (χ4n) is 2.03. The summed E-state index contributed by atoms with van der Waals surface area (Å²) in [6.45, 7) is 5.24. The molecule has 0 bridgehead atoms. The van der Waals surface area contributed by atoms with Gasteiger partial charge in [-0.05, 0) is 67.8 Å². The van der Waals surface area contributed by atoms with Crippen LogP contribution in [0.3, 0.4) is 0 Å². The number of benzene rings is 1. The lowest BCUT2D eigenvalue weighted by Crippen LogP contribution is -2.47. The third-order valence-corrected chi connectivity index (χ3v) is 3.61. The number of halogens is 2. The lowest BCUT2D eigenvalue weighted by atomic mass is 10.1. The van der Waals surface area contributed by atoms with Crippen LogP contribution in [-0.4, -0.2) is 17.9 Å². The lowest BCUT2D eigenvalue weighted by molar-refractivity contribution is -0.128. The summed E-state index contributed by atoms with van der Waals surface area (Å²) < 4.78 is 10.6. The number of hydrogen-bond acceptors (Lipinski definition) is 4. The van der Waals surface area contributed by atoms with Gasteiger partial charge in [0.15, 0.2) is 17.1 Å². The van der Waals surface area contributed by atoms with Crippen LogP contribution in [0.25, 0.3) is 0 Å². The van der Waals surface area contributed by atoms with E-state index in [2.05, 4.69) is 10.9 Å². The first kappa shape index (κ1) is 18.2. The Morgan fingerprint density at radius 1 is 1.12 bits per heavy atom. The minimum absolute atomic E-state index is 0.0155. The molecule has 1 aromatic heterocycles. The van der Waals surface area contributed by atoms with Gasteiger partial charge in [0.1, 0.15) is 5.75 Å². The molecule has 0 saturated heterocycles. The molecule has 0 radical (unpaired) electrons. The number of carbonyl (C=O) groups is 2. The molecule has 1 atom stereocenters. The summed E-state index contributed by atoms with van der Waals surface area (Å²) >= 11 is 11.6. The van der Waals surface area contributed by atoms with Crippen LogP contribution in [0.5, 0.6) is 5.75 Å². The second-order valence-electron chi connectivity index (χ2n) is 5.18. The first-order chi connectivity index (χ1) is 11.3. The summed E-state index contributed by atoms with van der Waals surface area (Å²) in [6, 6.07) is 6.31. The molecule has 0 fully saturated rings. The normalized spacial score (nSPS) is 11.7. The molecule has 0 spiro atoms. The number of nitrogens with one attached hydrogen (secondary N) is 2. The van der Waals surface area contributed by atoms with Crippen molar-refractivity contribution < 1.29 is 18.7 Å². The van der Waals surface area contributed by atoms with E-state index in [1.165, 1.54) is 12.1 Å². The fourth-order valence-corrected chi connectivity index (χ4v) is 2.50. The summed E-state index contributed by atoms with van der Waals surface area (Å²) in [5, 5.41) is 0.677. The molecule has 8 heteroatoms. The Kier molecular flexibility index (Phi) is 5.75. The molecule has 1 unspecified atom stereocenters. The van der Waals surface area contributed by atoms with E-state index in [-0.39, 0.29) is 11.0 Å². The monoisotopic (exact) mass is 370 g/mol. The van der Waals surface area contributed by atoms with Crippen molar-refractivity contribution in [3.05, 3.63) is 51.4 Å². The minimum atomic E-state index is -0.830. The Hall–Kier alpha value is -2.18. The van der Waals surface area contributed by atoms with Crippen LogP contribution in [-0.2, 0) is 4.79 Å². The molecule has 1 aromatic carbocycles. The maximum Gasteiger partial charge on any atom is 0.305 e. The van der Waals surface area contributed by atoms with Gasteiger partial charge in [-0.15, -0.1) is 0 Å². The van der Waals surface area contributed by atoms with Gasteiger partial charge in [-0.25, -0.2) is 0 Å². The van der Waals surface area contributed by atoms with Gasteiger partial charge in [0.05, 0.1) is 0 Å². The number of ether oxygens (including phenoxy) is 1. The predicted molar refractivity (Wildman–Crippen MR) is 90.3 cm³/mol. The number of furan rings is 1. The number of amides is 2. The Bertz CT molecular complexity index is 750. The van der Waals surface area contributed by atoms with Gasteiger partial charge in [-0.2, -0.15) is 0 Å². The lowest BCUT2D eigenvalue weighted by Gasteiger charge is -2.18. The molecule has 2 amide bonds. The Labute approximate surface area is 149 Å². The second-order valence-corrected chi connectivity index (χ2v) is 5.98. The van der Waals surface area contributed by atoms with Crippen molar-refractivity contribution in [1.82, 2.24) is 10.9 Å². The van der Waals surface area contributed by atoms with E-state index in [4.69, 9.17) is 32.4 Å². The molecule has 2 N–H and O–H groups in total. The zero-order valence-corrected chi connectivity index (χ0v) is 14.8. The SMILES string of the molecule is Cc1cc(Cl)cc(C)c1OC(C)C(=O)NNC(=O)c1ccc(Cl)o1. The number of hydrogen-bond donors (Lipinski definition) is 2. The predicted octanol–water partition coefficient (Wildman–Crippen LogP) is 3.43. The maximum atomic E-state index is 12.0. The highest BCUT2D eigenvalue weighted by Crippen LogP contribution is 2.27. The highest BCUT2D eigenvalue weighted by molar-refractivity contribution is 6.30. The molecule has 2 rings (SSSR count). The first-order valence-corrected chi connectivity index (χ1v) is 7.82. The molecule has 128 valence electrons. The molecular formula is C16H16Cl2N2O4. The Balaban J connectivity index is 1.94. The highest BCUT2D eigenvalue weighted by Gasteiger charge is 2.19. The minimum Gasteiger partial charge on any atom is -0.480 e. The zero-order chi connectivity index (χ0) is 17.9. The standard InChI is InChI=1S/C16H16Cl2N2O4/c1-8-6-11(17)7-9(2)14(8)23-10(3)15(21)19-20-16(22)12-4-5-13(18)24-12/h4-7,10H,1-3H3,(H,19,21)(H,20,22). The second kappa shape index (κ2) is 7.59. The molecule has 0 aliphatic rings. The molecule has 0 aliphatic carbocycles. The molecule has 0 aliphatic heterocycles. The van der Waals surface area contributed by atoms with E-state index in [0.29, 0.717) is 10.8 Å². The summed E-state index contributed by atoms with van der Waals surface area (Å²) in [4.78, 5) is 23.8. The average molecular weight is 371 g/mol. The molecule has 6 nitrogen and oxygen atoms in total. The van der Waals surface area contributed by atoms with Gasteiger partial charge in [0.2, 0.25) is 0 Å². The number of hydrazine groups is 1. The van der Waals surface area contributed by atoms with Crippen LogP contribution in [0.15, 0.2) is 28.7 Å². The van der Waals surface area contributed by atoms with E-state index in [9.17, 15) is 9.59 Å². The van der Waals surface area contributed by atoms with Gasteiger partial charge in [-0.1, -0.05) is 11.6 Å². The van der Waals surface area contributed by atoms with E-state index in [1.54, 1.807) is 19.1 Å². The van der Waals surface area contributed by atoms with Gasteiger partial charge in [-0.3, -0.25) is 20.4 Å². The van der Waals surface area contributed by atoms with Crippen LogP contribution in [0.1, 0.15) is 28.6 Å². The van der Waals surface area contributed by atoms with Crippen molar-refractivity contribution in [3.63, 3.8) is 0 Å². The smallest absolute Gasteiger partial charge is 0.305 e. The molecule has 2 aromatic rings. The first-order valence-electron chi connectivity index (χ1n) is 7.07. The van der Waals surface area contributed by atoms with Crippen LogP contribution >= 0.6 is 23.2 Å². The average Bonchev–Trinajstić information content (AvgIpc) is 2.94. The molecule has 1 heterocycles. The fraction of sp³-hybridized carbons (Fsp3) is 0.250. The van der Waals surface area contributed by atoms with E-state index in [1.807, 2.05) is 13.8 Å². The summed E-state index contributed by atoms with van der Waals surface area (Å²) in [7, 11) is 0. The van der Waals surface area contributed by atoms with Gasteiger partial charge in [0.25, 0.3) is 5.91 Å². The number of aryl methyl sites for hydroxylation is 2. The van der Waals surface area contributed by atoms with Crippen molar-refractivity contribution >= 4 is 35.0 Å². The Morgan fingerprint density at radius 2 is 1.75 bits per heavy atom. The van der Waals surface area contributed by atoms with Crippen LogP contribution in [0.4, 0.5) is 0 Å². The maximum absolute atomic E-state index is 12.0. The van der Waals surface area contributed by atoms with Crippen molar-refractivity contribution in [2.75, 3.05) is 0 Å². The van der Waals surface area contributed by atoms with Crippen molar-refractivity contribution in [3.8, 4) is 5.75 Å².